The molecule has 1 saturated heterocycles. The molecule has 88 valence electrons. The summed E-state index contributed by atoms with van der Waals surface area (Å²) in [5, 5.41) is 6.83. The number of hydrogen-bond acceptors (Lipinski definition) is 4. The first-order valence-electron chi connectivity index (χ1n) is 5.96. The van der Waals surface area contributed by atoms with Crippen molar-refractivity contribution in [3.05, 3.63) is 30.5 Å². The zero-order chi connectivity index (χ0) is 11.7. The Labute approximate surface area is 100 Å². The van der Waals surface area contributed by atoms with E-state index < -0.39 is 0 Å². The van der Waals surface area contributed by atoms with Crippen LogP contribution < -0.4 is 10.6 Å². The van der Waals surface area contributed by atoms with Gasteiger partial charge in [0.15, 0.2) is 0 Å². The van der Waals surface area contributed by atoms with Crippen molar-refractivity contribution in [2.45, 2.75) is 18.9 Å². The van der Waals surface area contributed by atoms with Gasteiger partial charge in [0.25, 0.3) is 0 Å². The van der Waals surface area contributed by atoms with Gasteiger partial charge < -0.3 is 10.6 Å². The van der Waals surface area contributed by atoms with Gasteiger partial charge in [-0.3, -0.25) is 4.98 Å². The zero-order valence-corrected chi connectivity index (χ0v) is 9.90. The largest absolute Gasteiger partial charge is 0.362 e. The zero-order valence-electron chi connectivity index (χ0n) is 9.90. The van der Waals surface area contributed by atoms with Crippen molar-refractivity contribution in [3.8, 4) is 0 Å². The number of hydrogen-bond donors (Lipinski definition) is 2. The topological polar surface area (TPSA) is 49.8 Å². The van der Waals surface area contributed by atoms with E-state index in [1.807, 2.05) is 30.5 Å². The van der Waals surface area contributed by atoms with Crippen LogP contribution in [0, 0.1) is 0 Å². The second kappa shape index (κ2) is 3.96. The number of aromatic nitrogens is 2. The summed E-state index contributed by atoms with van der Waals surface area (Å²) in [5.74, 6) is 0.856. The Morgan fingerprint density at radius 2 is 2.12 bits per heavy atom. The quantitative estimate of drug-likeness (QED) is 0.823. The monoisotopic (exact) mass is 228 g/mol. The SMILES string of the molecule is CC1(Nc2cnc3ccccc3n2)CCNC1. The molecule has 3 rings (SSSR count). The molecule has 2 N–H and O–H groups in total. The molecule has 0 bridgehead atoms. The Balaban J connectivity index is 1.90. The van der Waals surface area contributed by atoms with Crippen LogP contribution >= 0.6 is 0 Å². The lowest BCUT2D eigenvalue weighted by Gasteiger charge is -2.24. The summed E-state index contributed by atoms with van der Waals surface area (Å²) in [5.41, 5.74) is 1.97. The van der Waals surface area contributed by atoms with Crippen LogP contribution in [0.5, 0.6) is 0 Å². The molecule has 1 unspecified atom stereocenters. The average Bonchev–Trinajstić information content (AvgIpc) is 2.76. The lowest BCUT2D eigenvalue weighted by Crippen LogP contribution is -2.37. The van der Waals surface area contributed by atoms with E-state index in [1.165, 1.54) is 0 Å². The van der Waals surface area contributed by atoms with Gasteiger partial charge >= 0.3 is 0 Å². The van der Waals surface area contributed by atoms with Crippen LogP contribution in [0.15, 0.2) is 30.5 Å². The molecular weight excluding hydrogens is 212 g/mol. The van der Waals surface area contributed by atoms with Gasteiger partial charge in [0.05, 0.1) is 17.2 Å². The number of nitrogens with zero attached hydrogens (tertiary/aromatic N) is 2. The van der Waals surface area contributed by atoms with Gasteiger partial charge in [-0.15, -0.1) is 0 Å². The van der Waals surface area contributed by atoms with Crippen molar-refractivity contribution in [2.24, 2.45) is 0 Å². The van der Waals surface area contributed by atoms with E-state index in [0.717, 1.165) is 36.4 Å². The van der Waals surface area contributed by atoms with Crippen LogP contribution in [0.2, 0.25) is 0 Å². The molecule has 0 radical (unpaired) electrons. The normalized spacial score (nSPS) is 24.1. The third-order valence-electron chi connectivity index (χ3n) is 3.25. The van der Waals surface area contributed by atoms with Gasteiger partial charge in [-0.1, -0.05) is 12.1 Å². The number of fused-ring (bicyclic) bond motifs is 1. The van der Waals surface area contributed by atoms with E-state index >= 15 is 0 Å². The van der Waals surface area contributed by atoms with Gasteiger partial charge in [0, 0.05) is 12.1 Å². The fourth-order valence-electron chi connectivity index (χ4n) is 2.25. The lowest BCUT2D eigenvalue weighted by atomic mass is 10.0. The van der Waals surface area contributed by atoms with Crippen molar-refractivity contribution in [2.75, 3.05) is 18.4 Å². The molecule has 17 heavy (non-hydrogen) atoms. The third-order valence-corrected chi connectivity index (χ3v) is 3.25. The molecule has 0 amide bonds. The fourth-order valence-corrected chi connectivity index (χ4v) is 2.25. The molecule has 0 spiro atoms. The van der Waals surface area contributed by atoms with Crippen LogP contribution in [0.3, 0.4) is 0 Å². The summed E-state index contributed by atoms with van der Waals surface area (Å²) >= 11 is 0. The summed E-state index contributed by atoms with van der Waals surface area (Å²) in [4.78, 5) is 8.99. The minimum atomic E-state index is 0.0944. The van der Waals surface area contributed by atoms with Gasteiger partial charge in [0.1, 0.15) is 5.82 Å². The molecule has 1 aliphatic heterocycles. The summed E-state index contributed by atoms with van der Waals surface area (Å²) in [6.45, 7) is 4.25. The van der Waals surface area contributed by atoms with E-state index in [0.29, 0.717) is 0 Å². The molecule has 1 atom stereocenters. The highest BCUT2D eigenvalue weighted by Gasteiger charge is 2.28. The highest BCUT2D eigenvalue weighted by atomic mass is 15.1. The molecule has 0 aliphatic carbocycles. The van der Waals surface area contributed by atoms with E-state index in [2.05, 4.69) is 27.5 Å². The number of benzene rings is 1. The van der Waals surface area contributed by atoms with Crippen LogP contribution in [0.1, 0.15) is 13.3 Å². The van der Waals surface area contributed by atoms with E-state index in [1.54, 1.807) is 0 Å². The van der Waals surface area contributed by atoms with Gasteiger partial charge in [-0.05, 0) is 32.0 Å². The first-order valence-corrected chi connectivity index (χ1v) is 5.96. The van der Waals surface area contributed by atoms with Crippen molar-refractivity contribution in [3.63, 3.8) is 0 Å². The summed E-state index contributed by atoms with van der Waals surface area (Å²) in [6, 6.07) is 7.93. The number of anilines is 1. The van der Waals surface area contributed by atoms with E-state index in [-0.39, 0.29) is 5.54 Å². The molecule has 4 heteroatoms. The predicted molar refractivity (Wildman–Crippen MR) is 69.1 cm³/mol. The molecule has 1 aromatic heterocycles. The molecule has 2 aromatic rings. The smallest absolute Gasteiger partial charge is 0.145 e. The summed E-state index contributed by atoms with van der Waals surface area (Å²) in [6.07, 6.45) is 2.92. The highest BCUT2D eigenvalue weighted by molar-refractivity contribution is 5.75. The second-order valence-corrected chi connectivity index (χ2v) is 4.86. The highest BCUT2D eigenvalue weighted by Crippen LogP contribution is 2.20. The summed E-state index contributed by atoms with van der Waals surface area (Å²) in [7, 11) is 0. The number of nitrogens with one attached hydrogen (secondary N) is 2. The lowest BCUT2D eigenvalue weighted by molar-refractivity contribution is 0.564. The number of rotatable bonds is 2. The Bertz CT molecular complexity index is 532. The second-order valence-electron chi connectivity index (χ2n) is 4.86. The minimum Gasteiger partial charge on any atom is -0.362 e. The predicted octanol–water partition coefficient (Wildman–Crippen LogP) is 1.79. The van der Waals surface area contributed by atoms with Crippen molar-refractivity contribution < 1.29 is 0 Å². The Morgan fingerprint density at radius 1 is 1.29 bits per heavy atom. The van der Waals surface area contributed by atoms with Crippen LogP contribution in [-0.4, -0.2) is 28.6 Å². The maximum atomic E-state index is 4.58. The van der Waals surface area contributed by atoms with Crippen LogP contribution in [0.4, 0.5) is 5.82 Å². The molecule has 4 nitrogen and oxygen atoms in total. The standard InChI is InChI=1S/C13H16N4/c1-13(6-7-14-9-13)17-12-8-15-10-4-2-3-5-11(10)16-12/h2-5,8,14H,6-7,9H2,1H3,(H,16,17). The van der Waals surface area contributed by atoms with Crippen molar-refractivity contribution in [1.29, 1.82) is 0 Å². The molecular formula is C13H16N4. The van der Waals surface area contributed by atoms with Gasteiger partial charge in [-0.25, -0.2) is 4.98 Å². The van der Waals surface area contributed by atoms with Gasteiger partial charge in [0.2, 0.25) is 0 Å². The maximum Gasteiger partial charge on any atom is 0.145 e. The number of para-hydroxylation sites is 2. The average molecular weight is 228 g/mol. The minimum absolute atomic E-state index is 0.0944. The Hall–Kier alpha value is -1.68. The van der Waals surface area contributed by atoms with E-state index in [4.69, 9.17) is 0 Å². The third kappa shape index (κ3) is 2.08. The van der Waals surface area contributed by atoms with Gasteiger partial charge in [-0.2, -0.15) is 0 Å². The maximum absolute atomic E-state index is 4.58. The molecule has 1 aliphatic rings. The fraction of sp³-hybridized carbons (Fsp3) is 0.385. The first-order chi connectivity index (χ1) is 8.25. The Kier molecular flexibility index (Phi) is 2.44. The Morgan fingerprint density at radius 3 is 2.88 bits per heavy atom. The molecule has 1 fully saturated rings. The first kappa shape index (κ1) is 10.5. The molecule has 0 saturated carbocycles. The molecule has 2 heterocycles. The van der Waals surface area contributed by atoms with Crippen molar-refractivity contribution >= 4 is 16.9 Å². The molecule has 1 aromatic carbocycles. The van der Waals surface area contributed by atoms with Crippen molar-refractivity contribution in [1.82, 2.24) is 15.3 Å². The van der Waals surface area contributed by atoms with E-state index in [9.17, 15) is 0 Å². The summed E-state index contributed by atoms with van der Waals surface area (Å²) < 4.78 is 0. The van der Waals surface area contributed by atoms with Crippen LogP contribution in [-0.2, 0) is 0 Å². The van der Waals surface area contributed by atoms with Crippen LogP contribution in [0.25, 0.3) is 11.0 Å².